The van der Waals surface area contributed by atoms with Gasteiger partial charge in [0, 0.05) is 62.4 Å². The lowest BCUT2D eigenvalue weighted by Crippen LogP contribution is -2.52. The number of rotatable bonds is 7. The fourth-order valence-electron chi connectivity index (χ4n) is 5.02. The Kier molecular flexibility index (Phi) is 8.35. The van der Waals surface area contributed by atoms with Crippen molar-refractivity contribution < 1.29 is 28.7 Å². The highest BCUT2D eigenvalue weighted by molar-refractivity contribution is 6.06. The van der Waals surface area contributed by atoms with Crippen LogP contribution >= 0.6 is 0 Å². The number of ether oxygens (including phenoxy) is 1. The molecule has 0 radical (unpaired) electrons. The number of benzene rings is 1. The first kappa shape index (κ1) is 27.6. The Hall–Kier alpha value is -3.47. The highest BCUT2D eigenvalue weighted by Crippen LogP contribution is 2.32. The second-order valence-electron chi connectivity index (χ2n) is 11.0. The molecular formula is C27H37N5O6. The molecular weight excluding hydrogens is 490 g/mol. The number of hydrogen-bond acceptors (Lipinski definition) is 7. The lowest BCUT2D eigenvalue weighted by Gasteiger charge is -2.35. The third-order valence-corrected chi connectivity index (χ3v) is 7.01. The Labute approximate surface area is 222 Å². The zero-order valence-corrected chi connectivity index (χ0v) is 22.4. The molecule has 3 aliphatic rings. The maximum Gasteiger partial charge on any atom is 0.410 e. The van der Waals surface area contributed by atoms with E-state index in [0.717, 1.165) is 26.1 Å². The third-order valence-electron chi connectivity index (χ3n) is 7.01. The average molecular weight is 528 g/mol. The van der Waals surface area contributed by atoms with Crippen LogP contribution in [-0.4, -0.2) is 88.8 Å². The molecule has 11 heteroatoms. The van der Waals surface area contributed by atoms with E-state index in [9.17, 15) is 24.0 Å². The van der Waals surface area contributed by atoms with Gasteiger partial charge in [0.1, 0.15) is 11.6 Å². The van der Waals surface area contributed by atoms with Crippen LogP contribution < -0.4 is 10.6 Å². The normalized spacial score (nSPS) is 20.3. The van der Waals surface area contributed by atoms with Crippen molar-refractivity contribution in [2.24, 2.45) is 0 Å². The molecule has 3 aliphatic heterocycles. The van der Waals surface area contributed by atoms with Gasteiger partial charge in [0.2, 0.25) is 17.7 Å². The monoisotopic (exact) mass is 527 g/mol. The largest absolute Gasteiger partial charge is 0.444 e. The molecule has 0 aromatic heterocycles. The van der Waals surface area contributed by atoms with Crippen molar-refractivity contribution in [1.82, 2.24) is 20.0 Å². The van der Waals surface area contributed by atoms with Gasteiger partial charge in [-0.05, 0) is 58.7 Å². The first-order chi connectivity index (χ1) is 18.0. The number of unbranched alkanes of at least 4 members (excludes halogenated alkanes) is 1. The van der Waals surface area contributed by atoms with Gasteiger partial charge >= 0.3 is 6.09 Å². The van der Waals surface area contributed by atoms with Crippen LogP contribution in [0.4, 0.5) is 10.5 Å². The molecule has 2 saturated heterocycles. The summed E-state index contributed by atoms with van der Waals surface area (Å²) in [6.45, 7) is 9.46. The molecule has 0 aliphatic carbocycles. The second kappa shape index (κ2) is 11.5. The smallest absolute Gasteiger partial charge is 0.410 e. The zero-order chi connectivity index (χ0) is 27.4. The van der Waals surface area contributed by atoms with Crippen LogP contribution in [0.3, 0.4) is 0 Å². The van der Waals surface area contributed by atoms with Crippen molar-refractivity contribution >= 4 is 35.4 Å². The third kappa shape index (κ3) is 6.69. The fourth-order valence-corrected chi connectivity index (χ4v) is 5.02. The zero-order valence-electron chi connectivity index (χ0n) is 22.4. The predicted octanol–water partition coefficient (Wildman–Crippen LogP) is 2.11. The molecule has 1 unspecified atom stereocenters. The van der Waals surface area contributed by atoms with Gasteiger partial charge in [-0.1, -0.05) is 6.07 Å². The van der Waals surface area contributed by atoms with Crippen molar-refractivity contribution in [3.63, 3.8) is 0 Å². The van der Waals surface area contributed by atoms with Crippen molar-refractivity contribution in [2.75, 3.05) is 38.0 Å². The van der Waals surface area contributed by atoms with Crippen LogP contribution in [0.1, 0.15) is 68.8 Å². The van der Waals surface area contributed by atoms with E-state index in [1.807, 2.05) is 20.8 Å². The predicted molar refractivity (Wildman–Crippen MR) is 139 cm³/mol. The highest BCUT2D eigenvalue weighted by atomic mass is 16.6. The van der Waals surface area contributed by atoms with Gasteiger partial charge in [0.15, 0.2) is 0 Å². The van der Waals surface area contributed by atoms with Crippen LogP contribution in [0.25, 0.3) is 0 Å². The van der Waals surface area contributed by atoms with Gasteiger partial charge in [-0.15, -0.1) is 0 Å². The van der Waals surface area contributed by atoms with Crippen LogP contribution in [0.15, 0.2) is 18.2 Å². The van der Waals surface area contributed by atoms with Crippen molar-refractivity contribution in [3.05, 3.63) is 29.3 Å². The Bertz CT molecular complexity index is 1110. The van der Waals surface area contributed by atoms with E-state index in [2.05, 4.69) is 15.5 Å². The minimum absolute atomic E-state index is 0.125. The molecule has 1 atom stereocenters. The minimum Gasteiger partial charge on any atom is -0.444 e. The van der Waals surface area contributed by atoms with Gasteiger partial charge in [0.05, 0.1) is 0 Å². The molecule has 2 N–H and O–H groups in total. The number of nitrogens with one attached hydrogen (secondary N) is 2. The lowest BCUT2D eigenvalue weighted by atomic mass is 10.0. The molecule has 0 saturated carbocycles. The first-order valence-corrected chi connectivity index (χ1v) is 13.3. The fraction of sp³-hybridized carbons (Fsp3) is 0.593. The van der Waals surface area contributed by atoms with E-state index in [1.54, 1.807) is 23.1 Å². The van der Waals surface area contributed by atoms with E-state index < -0.39 is 17.6 Å². The first-order valence-electron chi connectivity index (χ1n) is 13.3. The molecule has 206 valence electrons. The van der Waals surface area contributed by atoms with E-state index in [4.69, 9.17) is 4.74 Å². The molecule has 38 heavy (non-hydrogen) atoms. The number of piperazine rings is 1. The molecule has 2 fully saturated rings. The van der Waals surface area contributed by atoms with E-state index in [0.29, 0.717) is 49.2 Å². The van der Waals surface area contributed by atoms with E-state index in [-0.39, 0.29) is 36.8 Å². The highest BCUT2D eigenvalue weighted by Gasteiger charge is 2.40. The Morgan fingerprint density at radius 3 is 2.50 bits per heavy atom. The number of hydrogen-bond donors (Lipinski definition) is 2. The maximum absolute atomic E-state index is 13.0. The number of piperidine rings is 1. The molecule has 3 heterocycles. The van der Waals surface area contributed by atoms with Crippen molar-refractivity contribution in [3.8, 4) is 0 Å². The van der Waals surface area contributed by atoms with Crippen LogP contribution in [0, 0.1) is 0 Å². The number of amides is 5. The summed E-state index contributed by atoms with van der Waals surface area (Å²) in [4.78, 5) is 67.1. The molecule has 1 aromatic carbocycles. The number of nitrogens with zero attached hydrogens (tertiary/aromatic N) is 3. The quantitative estimate of drug-likeness (QED) is 0.411. The minimum atomic E-state index is -0.692. The summed E-state index contributed by atoms with van der Waals surface area (Å²) >= 11 is 0. The number of anilines is 1. The number of carbonyl (C=O) groups is 5. The van der Waals surface area contributed by atoms with Gasteiger partial charge in [-0.3, -0.25) is 29.4 Å². The van der Waals surface area contributed by atoms with Gasteiger partial charge in [0.25, 0.3) is 5.91 Å². The molecule has 0 spiro atoms. The summed E-state index contributed by atoms with van der Waals surface area (Å²) in [7, 11) is 0. The summed E-state index contributed by atoms with van der Waals surface area (Å²) in [6, 6.07) is 4.49. The molecule has 5 amide bonds. The van der Waals surface area contributed by atoms with Crippen LogP contribution in [-0.2, 0) is 25.7 Å². The lowest BCUT2D eigenvalue weighted by molar-refractivity contribution is -0.137. The van der Waals surface area contributed by atoms with Crippen LogP contribution in [0.5, 0.6) is 0 Å². The second-order valence-corrected chi connectivity index (χ2v) is 11.0. The van der Waals surface area contributed by atoms with Gasteiger partial charge < -0.3 is 19.9 Å². The molecule has 11 nitrogen and oxygen atoms in total. The summed E-state index contributed by atoms with van der Waals surface area (Å²) < 4.78 is 5.44. The molecule has 4 rings (SSSR count). The van der Waals surface area contributed by atoms with E-state index in [1.165, 1.54) is 4.90 Å². The summed E-state index contributed by atoms with van der Waals surface area (Å²) in [5.74, 6) is -1.18. The number of carbonyl (C=O) groups excluding carboxylic acids is 5. The summed E-state index contributed by atoms with van der Waals surface area (Å²) in [5, 5.41) is 5.24. The number of imide groups is 1. The Morgan fingerprint density at radius 2 is 1.82 bits per heavy atom. The molecule has 1 aromatic rings. The topological polar surface area (TPSA) is 128 Å². The standard InChI is InChI=1S/C27H37N5O6/c1-27(2,3)38-26(37)31-15-13-30(14-16-31)12-5-4-9-22(33)28-20-8-6-7-18-19(20)17-32(25(18)36)21-10-11-23(34)29-24(21)35/h6-8,21H,4-5,9-17H2,1-3H3,(H,28,33)(H,29,34,35). The summed E-state index contributed by atoms with van der Waals surface area (Å²) in [5.41, 5.74) is 1.24. The van der Waals surface area contributed by atoms with Crippen LogP contribution in [0.2, 0.25) is 0 Å². The Morgan fingerprint density at radius 1 is 1.08 bits per heavy atom. The van der Waals surface area contributed by atoms with Gasteiger partial charge in [-0.2, -0.15) is 0 Å². The van der Waals surface area contributed by atoms with Gasteiger partial charge in [-0.25, -0.2) is 4.79 Å². The summed E-state index contributed by atoms with van der Waals surface area (Å²) in [6.07, 6.45) is 2.14. The average Bonchev–Trinajstić information content (AvgIpc) is 3.18. The van der Waals surface area contributed by atoms with E-state index >= 15 is 0 Å². The van der Waals surface area contributed by atoms with Crippen molar-refractivity contribution in [2.45, 2.75) is 71.1 Å². The van der Waals surface area contributed by atoms with Crippen molar-refractivity contribution in [1.29, 1.82) is 0 Å². The SMILES string of the molecule is CC(C)(C)OC(=O)N1CCN(CCCCC(=O)Nc2cccc3c2CN(C2CCC(=O)NC2=O)C3=O)CC1. The molecule has 0 bridgehead atoms. The Balaban J connectivity index is 1.20. The number of fused-ring (bicyclic) bond motifs is 1. The maximum atomic E-state index is 13.0.